The minimum atomic E-state index is -0.163. The molecule has 19 heavy (non-hydrogen) atoms. The van der Waals surface area contributed by atoms with Gasteiger partial charge in [0.2, 0.25) is 5.91 Å². The number of amides is 1. The number of halogens is 1. The van der Waals surface area contributed by atoms with Crippen LogP contribution in [0.4, 0.5) is 5.69 Å². The molecule has 1 aromatic carbocycles. The van der Waals surface area contributed by atoms with E-state index < -0.39 is 0 Å². The van der Waals surface area contributed by atoms with Gasteiger partial charge in [-0.2, -0.15) is 0 Å². The highest BCUT2D eigenvalue weighted by Crippen LogP contribution is 2.27. The number of ether oxygens (including phenoxy) is 1. The molecule has 1 N–H and O–H groups in total. The van der Waals surface area contributed by atoms with Crippen LogP contribution >= 0.6 is 11.6 Å². The van der Waals surface area contributed by atoms with Crippen molar-refractivity contribution in [1.82, 2.24) is 4.98 Å². The van der Waals surface area contributed by atoms with Crippen LogP contribution < -0.4 is 10.1 Å². The number of carbonyl (C=O) groups is 1. The first-order valence-electron chi connectivity index (χ1n) is 5.75. The number of rotatable bonds is 4. The van der Waals surface area contributed by atoms with Crippen LogP contribution in [-0.4, -0.2) is 10.9 Å². The van der Waals surface area contributed by atoms with Crippen LogP contribution in [0, 0.1) is 0 Å². The van der Waals surface area contributed by atoms with Crippen molar-refractivity contribution in [2.24, 2.45) is 0 Å². The number of hydrogen-bond donors (Lipinski definition) is 1. The Hall–Kier alpha value is -2.07. The van der Waals surface area contributed by atoms with Crippen LogP contribution in [0.5, 0.6) is 5.75 Å². The summed E-state index contributed by atoms with van der Waals surface area (Å²) in [4.78, 5) is 15.1. The fraction of sp³-hybridized carbons (Fsp3) is 0.143. The highest BCUT2D eigenvalue weighted by Gasteiger charge is 2.04. The molecule has 2 aromatic rings. The van der Waals surface area contributed by atoms with Gasteiger partial charge in [-0.1, -0.05) is 17.7 Å². The molecule has 1 aromatic heterocycles. The minimum Gasteiger partial charge on any atom is -0.487 e. The molecule has 0 saturated carbocycles. The van der Waals surface area contributed by atoms with Gasteiger partial charge in [0, 0.05) is 19.2 Å². The lowest BCUT2D eigenvalue weighted by molar-refractivity contribution is -0.114. The molecule has 1 amide bonds. The van der Waals surface area contributed by atoms with Crippen LogP contribution in [-0.2, 0) is 11.4 Å². The Kier molecular flexibility index (Phi) is 4.36. The number of nitrogens with zero attached hydrogens (tertiary/aromatic N) is 1. The van der Waals surface area contributed by atoms with E-state index >= 15 is 0 Å². The van der Waals surface area contributed by atoms with Gasteiger partial charge in [0.25, 0.3) is 0 Å². The lowest BCUT2D eigenvalue weighted by Crippen LogP contribution is -2.06. The van der Waals surface area contributed by atoms with Crippen molar-refractivity contribution < 1.29 is 9.53 Å². The number of benzene rings is 1. The largest absolute Gasteiger partial charge is 0.487 e. The monoisotopic (exact) mass is 276 g/mol. The maximum atomic E-state index is 11.0. The van der Waals surface area contributed by atoms with Crippen LogP contribution in [0.25, 0.3) is 0 Å². The number of hydrogen-bond acceptors (Lipinski definition) is 3. The summed E-state index contributed by atoms with van der Waals surface area (Å²) in [5, 5.41) is 3.07. The van der Waals surface area contributed by atoms with Gasteiger partial charge in [-0.3, -0.25) is 9.78 Å². The van der Waals surface area contributed by atoms with E-state index in [0.29, 0.717) is 23.1 Å². The molecule has 1 heterocycles. The molecule has 0 aliphatic heterocycles. The maximum absolute atomic E-state index is 11.0. The van der Waals surface area contributed by atoms with Gasteiger partial charge in [0.1, 0.15) is 12.4 Å². The average molecular weight is 277 g/mol. The molecule has 0 bridgehead atoms. The Morgan fingerprint density at radius 2 is 2.21 bits per heavy atom. The third kappa shape index (κ3) is 3.96. The number of nitrogens with one attached hydrogen (secondary N) is 1. The molecule has 4 nitrogen and oxygen atoms in total. The first-order chi connectivity index (χ1) is 9.15. The number of carbonyl (C=O) groups excluding carboxylic acids is 1. The predicted molar refractivity (Wildman–Crippen MR) is 74.3 cm³/mol. The SMILES string of the molecule is CC(=O)Nc1ccc(OCc2ccccn2)cc1Cl. The molecular formula is C14H13ClN2O2. The summed E-state index contributed by atoms with van der Waals surface area (Å²) >= 11 is 6.04. The zero-order chi connectivity index (χ0) is 13.7. The van der Waals surface area contributed by atoms with E-state index in [-0.39, 0.29) is 5.91 Å². The molecule has 0 radical (unpaired) electrons. The summed E-state index contributed by atoms with van der Waals surface area (Å²) in [6.45, 7) is 1.80. The smallest absolute Gasteiger partial charge is 0.221 e. The fourth-order valence-electron chi connectivity index (χ4n) is 1.52. The second-order valence-electron chi connectivity index (χ2n) is 3.93. The molecule has 2 rings (SSSR count). The second kappa shape index (κ2) is 6.20. The van der Waals surface area contributed by atoms with Gasteiger partial charge in [0.15, 0.2) is 0 Å². The van der Waals surface area contributed by atoms with E-state index in [2.05, 4.69) is 10.3 Å². The molecule has 0 aliphatic rings. The van der Waals surface area contributed by atoms with E-state index in [4.69, 9.17) is 16.3 Å². The highest BCUT2D eigenvalue weighted by atomic mass is 35.5. The van der Waals surface area contributed by atoms with Crippen molar-refractivity contribution in [3.63, 3.8) is 0 Å². The van der Waals surface area contributed by atoms with Gasteiger partial charge in [0.05, 0.1) is 16.4 Å². The van der Waals surface area contributed by atoms with E-state index in [1.165, 1.54) is 6.92 Å². The van der Waals surface area contributed by atoms with Crippen molar-refractivity contribution in [1.29, 1.82) is 0 Å². The first-order valence-corrected chi connectivity index (χ1v) is 6.13. The molecule has 0 saturated heterocycles. The number of aromatic nitrogens is 1. The fourth-order valence-corrected chi connectivity index (χ4v) is 1.74. The lowest BCUT2D eigenvalue weighted by Gasteiger charge is -2.09. The third-order valence-corrected chi connectivity index (χ3v) is 2.68. The Morgan fingerprint density at radius 3 is 2.84 bits per heavy atom. The quantitative estimate of drug-likeness (QED) is 0.932. The average Bonchev–Trinajstić information content (AvgIpc) is 2.40. The van der Waals surface area contributed by atoms with Gasteiger partial charge in [-0.25, -0.2) is 0 Å². The number of pyridine rings is 1. The summed E-state index contributed by atoms with van der Waals surface area (Å²) in [6.07, 6.45) is 1.71. The summed E-state index contributed by atoms with van der Waals surface area (Å²) in [5.74, 6) is 0.466. The summed E-state index contributed by atoms with van der Waals surface area (Å²) in [6, 6.07) is 10.8. The standard InChI is InChI=1S/C14H13ClN2O2/c1-10(18)17-14-6-5-12(8-13(14)15)19-9-11-4-2-3-7-16-11/h2-8H,9H2,1H3,(H,17,18). The predicted octanol–water partition coefficient (Wildman–Crippen LogP) is 3.27. The lowest BCUT2D eigenvalue weighted by atomic mass is 10.3. The zero-order valence-electron chi connectivity index (χ0n) is 10.4. The normalized spacial score (nSPS) is 10.0. The summed E-state index contributed by atoms with van der Waals surface area (Å²) < 4.78 is 5.57. The summed E-state index contributed by atoms with van der Waals surface area (Å²) in [7, 11) is 0. The highest BCUT2D eigenvalue weighted by molar-refractivity contribution is 6.33. The van der Waals surface area contributed by atoms with Crippen molar-refractivity contribution in [2.45, 2.75) is 13.5 Å². The summed E-state index contributed by atoms with van der Waals surface area (Å²) in [5.41, 5.74) is 1.41. The molecule has 0 spiro atoms. The Bertz CT molecular complexity index is 573. The molecule has 5 heteroatoms. The molecule has 0 atom stereocenters. The van der Waals surface area contributed by atoms with Crippen LogP contribution in [0.2, 0.25) is 5.02 Å². The first kappa shape index (κ1) is 13.4. The van der Waals surface area contributed by atoms with Crippen molar-refractivity contribution in [3.8, 4) is 5.75 Å². The Balaban J connectivity index is 2.02. The van der Waals surface area contributed by atoms with Gasteiger partial charge < -0.3 is 10.1 Å². The molecule has 0 fully saturated rings. The van der Waals surface area contributed by atoms with Crippen molar-refractivity contribution in [2.75, 3.05) is 5.32 Å². The molecule has 98 valence electrons. The molecule has 0 aliphatic carbocycles. The topological polar surface area (TPSA) is 51.2 Å². The zero-order valence-corrected chi connectivity index (χ0v) is 11.1. The Morgan fingerprint density at radius 1 is 1.37 bits per heavy atom. The third-order valence-electron chi connectivity index (χ3n) is 2.36. The maximum Gasteiger partial charge on any atom is 0.221 e. The van der Waals surface area contributed by atoms with E-state index in [9.17, 15) is 4.79 Å². The van der Waals surface area contributed by atoms with E-state index in [1.807, 2.05) is 18.2 Å². The minimum absolute atomic E-state index is 0.163. The Labute approximate surface area is 116 Å². The second-order valence-corrected chi connectivity index (χ2v) is 4.34. The van der Waals surface area contributed by atoms with E-state index in [0.717, 1.165) is 5.69 Å². The number of anilines is 1. The molecule has 0 unspecified atom stereocenters. The molecular weight excluding hydrogens is 264 g/mol. The van der Waals surface area contributed by atoms with Crippen molar-refractivity contribution in [3.05, 3.63) is 53.3 Å². The van der Waals surface area contributed by atoms with Crippen molar-refractivity contribution >= 4 is 23.2 Å². The van der Waals surface area contributed by atoms with Crippen LogP contribution in [0.15, 0.2) is 42.6 Å². The van der Waals surface area contributed by atoms with E-state index in [1.54, 1.807) is 24.4 Å². The van der Waals surface area contributed by atoms with Gasteiger partial charge in [-0.15, -0.1) is 0 Å². The van der Waals surface area contributed by atoms with Crippen LogP contribution in [0.3, 0.4) is 0 Å². The van der Waals surface area contributed by atoms with Gasteiger partial charge >= 0.3 is 0 Å². The van der Waals surface area contributed by atoms with Gasteiger partial charge in [-0.05, 0) is 24.3 Å². The van der Waals surface area contributed by atoms with Crippen LogP contribution in [0.1, 0.15) is 12.6 Å².